The topological polar surface area (TPSA) is 35.6 Å². The van der Waals surface area contributed by atoms with Crippen molar-refractivity contribution in [2.45, 2.75) is 6.54 Å². The minimum atomic E-state index is -0.772. The summed E-state index contributed by atoms with van der Waals surface area (Å²) < 4.78 is 26.5. The van der Waals surface area contributed by atoms with E-state index in [2.05, 4.69) is 22.3 Å². The molecule has 3 rings (SSSR count). The second-order valence-corrected chi connectivity index (χ2v) is 5.80. The molecule has 6 heteroatoms. The number of carbonyl (C=O) groups excluding carboxylic acids is 1. The van der Waals surface area contributed by atoms with Gasteiger partial charge in [0, 0.05) is 38.8 Å². The first-order chi connectivity index (χ1) is 11.6. The third-order valence-electron chi connectivity index (χ3n) is 4.08. The average molecular weight is 331 g/mol. The highest BCUT2D eigenvalue weighted by atomic mass is 19.1. The van der Waals surface area contributed by atoms with E-state index in [0.29, 0.717) is 13.1 Å². The molecule has 4 nitrogen and oxygen atoms in total. The van der Waals surface area contributed by atoms with Crippen LogP contribution in [-0.4, -0.2) is 42.0 Å². The molecule has 1 heterocycles. The molecular formula is C18H19F2N3O. The van der Waals surface area contributed by atoms with Gasteiger partial charge in [0.05, 0.1) is 5.69 Å². The van der Waals surface area contributed by atoms with Crippen LogP contribution in [0.25, 0.3) is 0 Å². The van der Waals surface area contributed by atoms with Crippen LogP contribution in [0.5, 0.6) is 0 Å². The normalized spacial score (nSPS) is 15.3. The Morgan fingerprint density at radius 2 is 1.71 bits per heavy atom. The number of nitrogens with zero attached hydrogens (tertiary/aromatic N) is 2. The van der Waals surface area contributed by atoms with Crippen molar-refractivity contribution in [2.24, 2.45) is 0 Å². The Balaban J connectivity index is 1.51. The number of benzene rings is 2. The molecule has 0 aromatic heterocycles. The lowest BCUT2D eigenvalue weighted by Crippen LogP contribution is -2.49. The van der Waals surface area contributed by atoms with Crippen molar-refractivity contribution in [1.29, 1.82) is 0 Å². The Hall–Kier alpha value is -2.47. The van der Waals surface area contributed by atoms with E-state index >= 15 is 0 Å². The lowest BCUT2D eigenvalue weighted by atomic mass is 10.2. The summed E-state index contributed by atoms with van der Waals surface area (Å²) in [5.74, 6) is -1.44. The van der Waals surface area contributed by atoms with Gasteiger partial charge in [-0.15, -0.1) is 0 Å². The Morgan fingerprint density at radius 3 is 2.38 bits per heavy atom. The third-order valence-corrected chi connectivity index (χ3v) is 4.08. The zero-order valence-electron chi connectivity index (χ0n) is 13.2. The van der Waals surface area contributed by atoms with E-state index in [1.807, 2.05) is 18.2 Å². The third kappa shape index (κ3) is 4.08. The van der Waals surface area contributed by atoms with Crippen LogP contribution in [0.4, 0.5) is 19.3 Å². The summed E-state index contributed by atoms with van der Waals surface area (Å²) in [6.45, 7) is 3.51. The molecule has 24 heavy (non-hydrogen) atoms. The van der Waals surface area contributed by atoms with Gasteiger partial charge in [0.15, 0.2) is 0 Å². The first kappa shape index (κ1) is 16.4. The molecule has 1 aliphatic heterocycles. The standard InChI is InChI=1S/C18H19F2N3O/c19-15-6-7-17(16(20)12-15)21-18(24)23-10-8-22(9-11-23)13-14-4-2-1-3-5-14/h1-7,12H,8-11,13H2,(H,21,24). The van der Waals surface area contributed by atoms with Crippen LogP contribution in [0, 0.1) is 11.6 Å². The first-order valence-electron chi connectivity index (χ1n) is 7.89. The van der Waals surface area contributed by atoms with Crippen LogP contribution in [0.2, 0.25) is 0 Å². The molecular weight excluding hydrogens is 312 g/mol. The van der Waals surface area contributed by atoms with Crippen molar-refractivity contribution >= 4 is 11.7 Å². The lowest BCUT2D eigenvalue weighted by Gasteiger charge is -2.34. The molecule has 0 radical (unpaired) electrons. The van der Waals surface area contributed by atoms with Crippen LogP contribution < -0.4 is 5.32 Å². The maximum absolute atomic E-state index is 13.6. The number of anilines is 1. The van der Waals surface area contributed by atoms with Crippen molar-refractivity contribution in [2.75, 3.05) is 31.5 Å². The lowest BCUT2D eigenvalue weighted by molar-refractivity contribution is 0.143. The molecule has 0 unspecified atom stereocenters. The predicted molar refractivity (Wildman–Crippen MR) is 88.7 cm³/mol. The Labute approximate surface area is 139 Å². The minimum absolute atomic E-state index is 0.00637. The quantitative estimate of drug-likeness (QED) is 0.936. The van der Waals surface area contributed by atoms with E-state index < -0.39 is 11.6 Å². The summed E-state index contributed by atoms with van der Waals surface area (Å²) in [5, 5.41) is 2.50. The van der Waals surface area contributed by atoms with Crippen LogP contribution in [0.3, 0.4) is 0 Å². The van der Waals surface area contributed by atoms with E-state index in [1.54, 1.807) is 4.90 Å². The SMILES string of the molecule is O=C(Nc1ccc(F)cc1F)N1CCN(Cc2ccccc2)CC1. The molecule has 0 bridgehead atoms. The molecule has 1 N–H and O–H groups in total. The molecule has 0 aliphatic carbocycles. The van der Waals surface area contributed by atoms with Gasteiger partial charge in [-0.2, -0.15) is 0 Å². The molecule has 0 spiro atoms. The predicted octanol–water partition coefficient (Wildman–Crippen LogP) is 3.31. The zero-order valence-corrected chi connectivity index (χ0v) is 13.2. The number of rotatable bonds is 3. The van der Waals surface area contributed by atoms with E-state index in [9.17, 15) is 13.6 Å². The molecule has 0 saturated carbocycles. The van der Waals surface area contributed by atoms with Crippen molar-refractivity contribution in [3.63, 3.8) is 0 Å². The van der Waals surface area contributed by atoms with Crippen LogP contribution in [-0.2, 0) is 6.54 Å². The van der Waals surface area contributed by atoms with E-state index in [-0.39, 0.29) is 11.7 Å². The molecule has 126 valence electrons. The van der Waals surface area contributed by atoms with Gasteiger partial charge in [-0.05, 0) is 17.7 Å². The number of nitrogens with one attached hydrogen (secondary N) is 1. The maximum Gasteiger partial charge on any atom is 0.322 e. The van der Waals surface area contributed by atoms with Crippen molar-refractivity contribution in [1.82, 2.24) is 9.80 Å². The molecule has 2 amide bonds. The monoisotopic (exact) mass is 331 g/mol. The highest BCUT2D eigenvalue weighted by Gasteiger charge is 2.21. The van der Waals surface area contributed by atoms with E-state index in [1.165, 1.54) is 11.6 Å². The molecule has 1 saturated heterocycles. The second-order valence-electron chi connectivity index (χ2n) is 5.80. The van der Waals surface area contributed by atoms with Crippen LogP contribution >= 0.6 is 0 Å². The summed E-state index contributed by atoms with van der Waals surface area (Å²) in [7, 11) is 0. The smallest absolute Gasteiger partial charge is 0.322 e. The number of hydrogen-bond donors (Lipinski definition) is 1. The van der Waals surface area contributed by atoms with Gasteiger partial charge in [-0.3, -0.25) is 4.90 Å². The fourth-order valence-corrected chi connectivity index (χ4v) is 2.74. The number of halogens is 2. The van der Waals surface area contributed by atoms with Crippen molar-refractivity contribution in [3.05, 3.63) is 65.7 Å². The summed E-state index contributed by atoms with van der Waals surface area (Å²) in [6.07, 6.45) is 0. The van der Waals surface area contributed by atoms with Gasteiger partial charge in [0.1, 0.15) is 11.6 Å². The first-order valence-corrected chi connectivity index (χ1v) is 7.89. The molecule has 0 atom stereocenters. The number of urea groups is 1. The van der Waals surface area contributed by atoms with Gasteiger partial charge in [0.25, 0.3) is 0 Å². The van der Waals surface area contributed by atoms with Gasteiger partial charge < -0.3 is 10.2 Å². The van der Waals surface area contributed by atoms with Gasteiger partial charge >= 0.3 is 6.03 Å². The van der Waals surface area contributed by atoms with E-state index in [0.717, 1.165) is 31.8 Å². The number of hydrogen-bond acceptors (Lipinski definition) is 2. The largest absolute Gasteiger partial charge is 0.322 e. The van der Waals surface area contributed by atoms with Crippen LogP contribution in [0.15, 0.2) is 48.5 Å². The van der Waals surface area contributed by atoms with Gasteiger partial charge in [-0.25, -0.2) is 13.6 Å². The fourth-order valence-electron chi connectivity index (χ4n) is 2.74. The molecule has 1 aliphatic rings. The average Bonchev–Trinajstić information content (AvgIpc) is 2.59. The highest BCUT2D eigenvalue weighted by Crippen LogP contribution is 2.16. The minimum Gasteiger partial charge on any atom is -0.322 e. The van der Waals surface area contributed by atoms with Gasteiger partial charge in [0.2, 0.25) is 0 Å². The van der Waals surface area contributed by atoms with Crippen molar-refractivity contribution in [3.8, 4) is 0 Å². The Morgan fingerprint density at radius 1 is 1.00 bits per heavy atom. The number of amides is 2. The Kier molecular flexibility index (Phi) is 5.05. The maximum atomic E-state index is 13.6. The number of carbonyl (C=O) groups is 1. The fraction of sp³-hybridized carbons (Fsp3) is 0.278. The summed E-state index contributed by atoms with van der Waals surface area (Å²) >= 11 is 0. The summed E-state index contributed by atoms with van der Waals surface area (Å²) in [6, 6.07) is 12.9. The summed E-state index contributed by atoms with van der Waals surface area (Å²) in [5.41, 5.74) is 1.23. The zero-order chi connectivity index (χ0) is 16.9. The van der Waals surface area contributed by atoms with Gasteiger partial charge in [-0.1, -0.05) is 30.3 Å². The number of piperazine rings is 1. The highest BCUT2D eigenvalue weighted by molar-refractivity contribution is 5.89. The van der Waals surface area contributed by atoms with E-state index in [4.69, 9.17) is 0 Å². The second kappa shape index (κ2) is 7.40. The molecule has 2 aromatic rings. The van der Waals surface area contributed by atoms with Crippen LogP contribution in [0.1, 0.15) is 5.56 Å². The van der Waals surface area contributed by atoms with Crippen molar-refractivity contribution < 1.29 is 13.6 Å². The summed E-state index contributed by atoms with van der Waals surface area (Å²) in [4.78, 5) is 16.1. The molecule has 2 aromatic carbocycles. The molecule has 1 fully saturated rings. The Bertz CT molecular complexity index is 701.